The van der Waals surface area contributed by atoms with E-state index in [0.717, 1.165) is 18.9 Å². The normalized spacial score (nSPS) is 22.3. The van der Waals surface area contributed by atoms with Crippen LogP contribution in [0.25, 0.3) is 0 Å². The van der Waals surface area contributed by atoms with Crippen molar-refractivity contribution in [3.8, 4) is 0 Å². The van der Waals surface area contributed by atoms with Gasteiger partial charge in [-0.2, -0.15) is 0 Å². The second-order valence-corrected chi connectivity index (χ2v) is 8.96. The molecule has 0 aliphatic carbocycles. The zero-order valence-electron chi connectivity index (χ0n) is 19.0. The summed E-state index contributed by atoms with van der Waals surface area (Å²) in [4.78, 5) is 9.77. The fraction of sp³-hybridized carbons (Fsp3) is 0.708. The van der Waals surface area contributed by atoms with Gasteiger partial charge in [0.25, 0.3) is 0 Å². The summed E-state index contributed by atoms with van der Waals surface area (Å²) in [5.41, 5.74) is 2.95. The van der Waals surface area contributed by atoms with Crippen LogP contribution in [0.1, 0.15) is 63.1 Å². The van der Waals surface area contributed by atoms with Crippen LogP contribution >= 0.6 is 0 Å². The topological polar surface area (TPSA) is 42.9 Å². The van der Waals surface area contributed by atoms with Crippen molar-refractivity contribution in [1.29, 1.82) is 0 Å². The molecule has 29 heavy (non-hydrogen) atoms. The van der Waals surface area contributed by atoms with Crippen LogP contribution in [0, 0.1) is 0 Å². The number of aliphatic imine (C=N–C) groups is 1. The average molecular weight is 400 g/mol. The van der Waals surface area contributed by atoms with Crippen LogP contribution in [0.2, 0.25) is 0 Å². The predicted molar refractivity (Wildman–Crippen MR) is 124 cm³/mol. The fourth-order valence-corrected chi connectivity index (χ4v) is 4.78. The number of hydrogen-bond acceptors (Lipinski definition) is 3. The van der Waals surface area contributed by atoms with Crippen molar-refractivity contribution in [1.82, 2.24) is 20.4 Å². The third kappa shape index (κ3) is 5.73. The van der Waals surface area contributed by atoms with E-state index in [-0.39, 0.29) is 11.6 Å². The summed E-state index contributed by atoms with van der Waals surface area (Å²) in [6, 6.07) is 9.16. The molecule has 1 aromatic rings. The molecule has 5 nitrogen and oxygen atoms in total. The Morgan fingerprint density at radius 3 is 2.31 bits per heavy atom. The van der Waals surface area contributed by atoms with Gasteiger partial charge in [0.2, 0.25) is 0 Å². The zero-order valence-corrected chi connectivity index (χ0v) is 19.0. The highest BCUT2D eigenvalue weighted by atomic mass is 15.3. The molecule has 162 valence electrons. The van der Waals surface area contributed by atoms with Crippen LogP contribution in [0.15, 0.2) is 29.3 Å². The van der Waals surface area contributed by atoms with E-state index >= 15 is 0 Å². The average Bonchev–Trinajstić information content (AvgIpc) is 2.78. The van der Waals surface area contributed by atoms with Gasteiger partial charge in [0.1, 0.15) is 0 Å². The largest absolute Gasteiger partial charge is 0.355 e. The standard InChI is InChI=1S/C24H41N5/c1-5-21-9-11-22(12-10-21)20(2)27-23(25-3)26-19-24(13-17-28(4)18-14-24)29-15-7-6-8-16-29/h9-12,20H,5-8,13-19H2,1-4H3,(H2,25,26,27). The molecular weight excluding hydrogens is 358 g/mol. The fourth-order valence-electron chi connectivity index (χ4n) is 4.78. The van der Waals surface area contributed by atoms with Crippen molar-refractivity contribution in [3.63, 3.8) is 0 Å². The Labute approximate surface area is 178 Å². The lowest BCUT2D eigenvalue weighted by Gasteiger charge is -2.50. The second-order valence-electron chi connectivity index (χ2n) is 8.96. The molecule has 1 aromatic carbocycles. The first-order valence-electron chi connectivity index (χ1n) is 11.6. The summed E-state index contributed by atoms with van der Waals surface area (Å²) in [5, 5.41) is 7.29. The van der Waals surface area contributed by atoms with E-state index in [2.05, 4.69) is 70.6 Å². The van der Waals surface area contributed by atoms with E-state index in [1.165, 1.54) is 69.4 Å². The van der Waals surface area contributed by atoms with Gasteiger partial charge in [0.15, 0.2) is 5.96 Å². The first kappa shape index (κ1) is 22.1. The lowest BCUT2D eigenvalue weighted by atomic mass is 9.84. The van der Waals surface area contributed by atoms with Crippen molar-refractivity contribution in [3.05, 3.63) is 35.4 Å². The summed E-state index contributed by atoms with van der Waals surface area (Å²) >= 11 is 0. The number of likely N-dealkylation sites (tertiary alicyclic amines) is 2. The maximum Gasteiger partial charge on any atom is 0.191 e. The maximum absolute atomic E-state index is 4.53. The molecule has 2 fully saturated rings. The minimum absolute atomic E-state index is 0.232. The highest BCUT2D eigenvalue weighted by Crippen LogP contribution is 2.30. The molecule has 1 atom stereocenters. The van der Waals surface area contributed by atoms with Crippen LogP contribution in [0.5, 0.6) is 0 Å². The van der Waals surface area contributed by atoms with E-state index in [9.17, 15) is 0 Å². The molecule has 2 aliphatic rings. The number of guanidine groups is 1. The van der Waals surface area contributed by atoms with E-state index in [0.29, 0.717) is 0 Å². The molecule has 1 unspecified atom stereocenters. The molecule has 0 spiro atoms. The van der Waals surface area contributed by atoms with Crippen LogP contribution in [-0.2, 0) is 6.42 Å². The lowest BCUT2D eigenvalue weighted by Crippen LogP contribution is -2.62. The number of hydrogen-bond donors (Lipinski definition) is 2. The Hall–Kier alpha value is -1.59. The maximum atomic E-state index is 4.53. The van der Waals surface area contributed by atoms with Gasteiger partial charge in [-0.05, 0) is 83.4 Å². The Morgan fingerprint density at radius 2 is 1.72 bits per heavy atom. The van der Waals surface area contributed by atoms with Crippen molar-refractivity contribution in [2.24, 2.45) is 4.99 Å². The van der Waals surface area contributed by atoms with Gasteiger partial charge < -0.3 is 15.5 Å². The molecule has 0 aromatic heterocycles. The molecule has 0 amide bonds. The lowest BCUT2D eigenvalue weighted by molar-refractivity contribution is 0.0173. The Kier molecular flexibility index (Phi) is 7.96. The molecule has 2 saturated heterocycles. The molecule has 0 bridgehead atoms. The van der Waals surface area contributed by atoms with Crippen LogP contribution in [-0.4, -0.2) is 68.1 Å². The van der Waals surface area contributed by atoms with Crippen molar-refractivity contribution < 1.29 is 0 Å². The van der Waals surface area contributed by atoms with Gasteiger partial charge in [-0.3, -0.25) is 9.89 Å². The van der Waals surface area contributed by atoms with Crippen LogP contribution in [0.3, 0.4) is 0 Å². The Balaban J connectivity index is 1.62. The molecule has 0 saturated carbocycles. The van der Waals surface area contributed by atoms with Gasteiger partial charge in [-0.1, -0.05) is 37.6 Å². The minimum atomic E-state index is 0.232. The van der Waals surface area contributed by atoms with Gasteiger partial charge >= 0.3 is 0 Å². The monoisotopic (exact) mass is 399 g/mol. The highest BCUT2D eigenvalue weighted by Gasteiger charge is 2.39. The first-order chi connectivity index (χ1) is 14.1. The van der Waals surface area contributed by atoms with Gasteiger partial charge in [-0.15, -0.1) is 0 Å². The number of rotatable bonds is 6. The SMILES string of the molecule is CCc1ccc(C(C)NC(=NC)NCC2(N3CCCCC3)CCN(C)CC2)cc1. The van der Waals surface area contributed by atoms with Crippen molar-refractivity contribution >= 4 is 5.96 Å². The molecular formula is C24H41N5. The minimum Gasteiger partial charge on any atom is -0.355 e. The molecule has 2 heterocycles. The number of nitrogens with zero attached hydrogens (tertiary/aromatic N) is 3. The van der Waals surface area contributed by atoms with E-state index in [1.54, 1.807) is 0 Å². The molecule has 0 radical (unpaired) electrons. The Bertz CT molecular complexity index is 640. The summed E-state index contributed by atoms with van der Waals surface area (Å²) in [5.74, 6) is 0.910. The molecule has 3 rings (SSSR count). The van der Waals surface area contributed by atoms with E-state index in [1.807, 2.05) is 7.05 Å². The third-order valence-electron chi connectivity index (χ3n) is 6.99. The highest BCUT2D eigenvalue weighted by molar-refractivity contribution is 5.80. The predicted octanol–water partition coefficient (Wildman–Crippen LogP) is 3.43. The number of aryl methyl sites for hydroxylation is 1. The van der Waals surface area contributed by atoms with Gasteiger partial charge in [-0.25, -0.2) is 0 Å². The summed E-state index contributed by atoms with van der Waals surface area (Å²) < 4.78 is 0. The number of piperidine rings is 2. The number of benzene rings is 1. The molecule has 5 heteroatoms. The van der Waals surface area contributed by atoms with Crippen LogP contribution in [0.4, 0.5) is 0 Å². The van der Waals surface area contributed by atoms with E-state index < -0.39 is 0 Å². The molecule has 2 aliphatic heterocycles. The first-order valence-corrected chi connectivity index (χ1v) is 11.6. The van der Waals surface area contributed by atoms with Crippen LogP contribution < -0.4 is 10.6 Å². The van der Waals surface area contributed by atoms with Crippen molar-refractivity contribution in [2.45, 2.75) is 64.0 Å². The zero-order chi connectivity index (χ0) is 20.7. The summed E-state index contributed by atoms with van der Waals surface area (Å²) in [6.45, 7) is 10.2. The quantitative estimate of drug-likeness (QED) is 0.568. The van der Waals surface area contributed by atoms with Gasteiger partial charge in [0, 0.05) is 19.1 Å². The summed E-state index contributed by atoms with van der Waals surface area (Å²) in [6.07, 6.45) is 7.63. The Morgan fingerprint density at radius 1 is 1.07 bits per heavy atom. The summed E-state index contributed by atoms with van der Waals surface area (Å²) in [7, 11) is 4.13. The third-order valence-corrected chi connectivity index (χ3v) is 6.99. The van der Waals surface area contributed by atoms with Crippen molar-refractivity contribution in [2.75, 3.05) is 46.8 Å². The number of nitrogens with one attached hydrogen (secondary N) is 2. The second kappa shape index (κ2) is 10.4. The van der Waals surface area contributed by atoms with E-state index in [4.69, 9.17) is 0 Å². The smallest absolute Gasteiger partial charge is 0.191 e. The van der Waals surface area contributed by atoms with Gasteiger partial charge in [0.05, 0.1) is 6.04 Å². The molecule has 2 N–H and O–H groups in total.